The smallest absolute Gasteiger partial charge is 0.222 e. The molecule has 3 heterocycles. The summed E-state index contributed by atoms with van der Waals surface area (Å²) in [7, 11) is 0. The summed E-state index contributed by atoms with van der Waals surface area (Å²) in [6.45, 7) is 4.78. The number of rotatable bonds is 11. The van der Waals surface area contributed by atoms with Gasteiger partial charge in [0.05, 0.1) is 5.52 Å². The second-order valence-electron chi connectivity index (χ2n) is 10.7. The number of carbonyl (C=O) groups excluding carboxylic acids is 1. The molecule has 1 fully saturated rings. The van der Waals surface area contributed by atoms with Crippen molar-refractivity contribution < 1.29 is 13.6 Å². The van der Waals surface area contributed by atoms with E-state index in [1.807, 2.05) is 6.07 Å². The summed E-state index contributed by atoms with van der Waals surface area (Å²) in [5, 5.41) is 0.968. The fourth-order valence-corrected chi connectivity index (χ4v) is 6.08. The number of unbranched alkanes of at least 4 members (excludes halogenated alkanes) is 6. The van der Waals surface area contributed by atoms with Crippen molar-refractivity contribution in [3.05, 3.63) is 65.4 Å². The standard InChI is InChI=1S/C31H39F2N3O/c32-24-11-14-26(15-12-24)36-29-16-13-25(33)22-27(29)28-23-34(21-17-30(28)36)18-7-4-2-1-3-5-8-19-35-20-9-6-10-31(35)37/h11-16,22H,1-10,17-21,23H2. The first-order valence-corrected chi connectivity index (χ1v) is 14.2. The second kappa shape index (κ2) is 12.2. The van der Waals surface area contributed by atoms with Crippen LogP contribution in [0.1, 0.15) is 75.5 Å². The molecule has 2 aliphatic heterocycles. The van der Waals surface area contributed by atoms with Gasteiger partial charge in [0.25, 0.3) is 0 Å². The summed E-state index contributed by atoms with van der Waals surface area (Å²) < 4.78 is 29.9. The minimum absolute atomic E-state index is 0.216. The van der Waals surface area contributed by atoms with Gasteiger partial charge in [-0.05, 0) is 80.3 Å². The van der Waals surface area contributed by atoms with E-state index >= 15 is 0 Å². The van der Waals surface area contributed by atoms with E-state index in [1.165, 1.54) is 68.0 Å². The van der Waals surface area contributed by atoms with Crippen molar-refractivity contribution in [2.75, 3.05) is 26.2 Å². The Labute approximate surface area is 219 Å². The number of hydrogen-bond acceptors (Lipinski definition) is 2. The summed E-state index contributed by atoms with van der Waals surface area (Å²) in [6.07, 6.45) is 12.4. The lowest BCUT2D eigenvalue weighted by Gasteiger charge is -2.28. The SMILES string of the molecule is O=C1CCCCN1CCCCCCCCCN1CCc2c(c3cc(F)ccc3n2-c2ccc(F)cc2)C1. The van der Waals surface area contributed by atoms with E-state index in [-0.39, 0.29) is 11.6 Å². The van der Waals surface area contributed by atoms with Crippen LogP contribution in [-0.2, 0) is 17.8 Å². The van der Waals surface area contributed by atoms with E-state index < -0.39 is 0 Å². The Morgan fingerprint density at radius 1 is 0.730 bits per heavy atom. The van der Waals surface area contributed by atoms with Crippen molar-refractivity contribution in [3.8, 4) is 5.69 Å². The molecule has 3 aromatic rings. The van der Waals surface area contributed by atoms with Gasteiger partial charge in [0, 0.05) is 55.8 Å². The summed E-state index contributed by atoms with van der Waals surface area (Å²) in [6, 6.07) is 11.6. The molecule has 6 heteroatoms. The fourth-order valence-electron chi connectivity index (χ4n) is 6.08. The van der Waals surface area contributed by atoms with Crippen LogP contribution in [0.5, 0.6) is 0 Å². The summed E-state index contributed by atoms with van der Waals surface area (Å²) in [5.41, 5.74) is 4.34. The molecule has 37 heavy (non-hydrogen) atoms. The number of piperidine rings is 1. The molecule has 0 aliphatic carbocycles. The van der Waals surface area contributed by atoms with E-state index in [0.29, 0.717) is 5.91 Å². The van der Waals surface area contributed by atoms with Crippen molar-refractivity contribution in [1.82, 2.24) is 14.4 Å². The Morgan fingerprint density at radius 3 is 2.19 bits per heavy atom. The highest BCUT2D eigenvalue weighted by molar-refractivity contribution is 5.87. The number of nitrogens with zero attached hydrogens (tertiary/aromatic N) is 3. The zero-order chi connectivity index (χ0) is 25.6. The number of halogens is 2. The molecule has 2 aromatic carbocycles. The third-order valence-electron chi connectivity index (χ3n) is 8.10. The first-order valence-electron chi connectivity index (χ1n) is 14.2. The Bertz CT molecular complexity index is 1200. The molecule has 4 nitrogen and oxygen atoms in total. The lowest BCUT2D eigenvalue weighted by Crippen LogP contribution is -2.35. The third-order valence-corrected chi connectivity index (χ3v) is 8.10. The predicted molar refractivity (Wildman–Crippen MR) is 145 cm³/mol. The summed E-state index contributed by atoms with van der Waals surface area (Å²) >= 11 is 0. The molecule has 1 aromatic heterocycles. The van der Waals surface area contributed by atoms with Crippen LogP contribution >= 0.6 is 0 Å². The Morgan fingerprint density at radius 2 is 1.43 bits per heavy atom. The van der Waals surface area contributed by atoms with Gasteiger partial charge in [0.15, 0.2) is 0 Å². The Kier molecular flexibility index (Phi) is 8.55. The van der Waals surface area contributed by atoms with Gasteiger partial charge < -0.3 is 9.47 Å². The van der Waals surface area contributed by atoms with Crippen LogP contribution in [0.4, 0.5) is 8.78 Å². The van der Waals surface area contributed by atoms with E-state index in [0.717, 1.165) is 81.4 Å². The van der Waals surface area contributed by atoms with Gasteiger partial charge in [-0.2, -0.15) is 0 Å². The topological polar surface area (TPSA) is 28.5 Å². The Hall–Kier alpha value is -2.73. The van der Waals surface area contributed by atoms with Crippen LogP contribution in [0.2, 0.25) is 0 Å². The molecule has 0 bridgehead atoms. The van der Waals surface area contributed by atoms with Gasteiger partial charge in [-0.3, -0.25) is 9.69 Å². The maximum absolute atomic E-state index is 14.2. The molecule has 1 amide bonds. The number of hydrogen-bond donors (Lipinski definition) is 0. The first kappa shape index (κ1) is 25.9. The minimum Gasteiger partial charge on any atom is -0.343 e. The number of likely N-dealkylation sites (tertiary alicyclic amines) is 1. The molecule has 0 unspecified atom stereocenters. The fraction of sp³-hybridized carbons (Fsp3) is 0.516. The highest BCUT2D eigenvalue weighted by Crippen LogP contribution is 2.34. The van der Waals surface area contributed by atoms with Gasteiger partial charge in [0.2, 0.25) is 5.91 Å². The molecule has 0 radical (unpaired) electrons. The van der Waals surface area contributed by atoms with Crippen LogP contribution in [0.25, 0.3) is 16.6 Å². The highest BCUT2D eigenvalue weighted by atomic mass is 19.1. The van der Waals surface area contributed by atoms with Gasteiger partial charge in [0.1, 0.15) is 11.6 Å². The first-order chi connectivity index (χ1) is 18.1. The second-order valence-corrected chi connectivity index (χ2v) is 10.7. The van der Waals surface area contributed by atoms with E-state index in [9.17, 15) is 13.6 Å². The van der Waals surface area contributed by atoms with E-state index in [1.54, 1.807) is 18.2 Å². The maximum Gasteiger partial charge on any atom is 0.222 e. The van der Waals surface area contributed by atoms with E-state index in [4.69, 9.17) is 0 Å². The molecule has 0 saturated carbocycles. The van der Waals surface area contributed by atoms with Crippen molar-refractivity contribution in [3.63, 3.8) is 0 Å². The van der Waals surface area contributed by atoms with Crippen LogP contribution in [0.3, 0.4) is 0 Å². The maximum atomic E-state index is 14.2. The quantitative estimate of drug-likeness (QED) is 0.261. The number of carbonyl (C=O) groups is 1. The molecule has 5 rings (SSSR count). The zero-order valence-electron chi connectivity index (χ0n) is 21.9. The number of fused-ring (bicyclic) bond motifs is 3. The van der Waals surface area contributed by atoms with Crippen LogP contribution in [0.15, 0.2) is 42.5 Å². The predicted octanol–water partition coefficient (Wildman–Crippen LogP) is 7.01. The lowest BCUT2D eigenvalue weighted by molar-refractivity contribution is -0.133. The normalized spacial score (nSPS) is 16.5. The Balaban J connectivity index is 1.09. The summed E-state index contributed by atoms with van der Waals surface area (Å²) in [4.78, 5) is 16.4. The monoisotopic (exact) mass is 507 g/mol. The molecule has 0 atom stereocenters. The summed E-state index contributed by atoms with van der Waals surface area (Å²) in [5.74, 6) is -0.118. The van der Waals surface area contributed by atoms with Crippen LogP contribution < -0.4 is 0 Å². The minimum atomic E-state index is -0.250. The van der Waals surface area contributed by atoms with Crippen molar-refractivity contribution >= 4 is 16.8 Å². The van der Waals surface area contributed by atoms with Crippen molar-refractivity contribution in [2.24, 2.45) is 0 Å². The largest absolute Gasteiger partial charge is 0.343 e. The van der Waals surface area contributed by atoms with Crippen molar-refractivity contribution in [1.29, 1.82) is 0 Å². The molecule has 198 valence electrons. The van der Waals surface area contributed by atoms with Gasteiger partial charge >= 0.3 is 0 Å². The molecule has 0 N–H and O–H groups in total. The highest BCUT2D eigenvalue weighted by Gasteiger charge is 2.25. The van der Waals surface area contributed by atoms with Crippen LogP contribution in [0, 0.1) is 11.6 Å². The number of aromatic nitrogens is 1. The lowest BCUT2D eigenvalue weighted by atomic mass is 10.0. The van der Waals surface area contributed by atoms with Gasteiger partial charge in [-0.1, -0.05) is 32.1 Å². The number of benzene rings is 2. The zero-order valence-corrected chi connectivity index (χ0v) is 21.9. The molecule has 0 spiro atoms. The molecule has 2 aliphatic rings. The average molecular weight is 508 g/mol. The van der Waals surface area contributed by atoms with Crippen LogP contribution in [-0.4, -0.2) is 46.5 Å². The average Bonchev–Trinajstić information content (AvgIpc) is 3.22. The van der Waals surface area contributed by atoms with Gasteiger partial charge in [-0.15, -0.1) is 0 Å². The molecular formula is C31H39F2N3O. The van der Waals surface area contributed by atoms with Gasteiger partial charge in [-0.25, -0.2) is 8.78 Å². The number of amides is 1. The van der Waals surface area contributed by atoms with E-state index in [2.05, 4.69) is 14.4 Å². The molecular weight excluding hydrogens is 468 g/mol. The molecule has 1 saturated heterocycles. The third kappa shape index (κ3) is 6.23. The van der Waals surface area contributed by atoms with Crippen molar-refractivity contribution in [2.45, 2.75) is 77.2 Å².